The molecule has 0 amide bonds. The highest BCUT2D eigenvalue weighted by Crippen LogP contribution is 2.17. The minimum atomic E-state index is -0.411. The van der Waals surface area contributed by atoms with E-state index in [1.54, 1.807) is 0 Å². The Morgan fingerprint density at radius 1 is 1.40 bits per heavy atom. The number of nitrogens with zero attached hydrogens (tertiary/aromatic N) is 2. The topological polar surface area (TPSA) is 28.2 Å². The van der Waals surface area contributed by atoms with E-state index in [1.165, 1.54) is 12.3 Å². The molecule has 0 spiro atoms. The van der Waals surface area contributed by atoms with Crippen LogP contribution in [-0.2, 0) is 0 Å². The normalized spacial score (nSPS) is 26.7. The minimum Gasteiger partial charge on any atom is -0.368 e. The van der Waals surface area contributed by atoms with E-state index in [-0.39, 0.29) is 0 Å². The third-order valence-corrected chi connectivity index (χ3v) is 2.63. The Labute approximate surface area is 89.3 Å². The summed E-state index contributed by atoms with van der Waals surface area (Å²) in [5, 5.41) is 3.44. The van der Waals surface area contributed by atoms with Gasteiger partial charge in [0.15, 0.2) is 0 Å². The molecular weight excluding hydrogens is 193 g/mol. The second-order valence-corrected chi connectivity index (χ2v) is 4.21. The Kier molecular flexibility index (Phi) is 2.86. The lowest BCUT2D eigenvalue weighted by Crippen LogP contribution is -2.54. The van der Waals surface area contributed by atoms with Gasteiger partial charge in [-0.05, 0) is 19.9 Å². The van der Waals surface area contributed by atoms with E-state index < -0.39 is 5.95 Å². The molecule has 0 bridgehead atoms. The first-order chi connectivity index (χ1) is 7.15. The smallest absolute Gasteiger partial charge is 0.214 e. The van der Waals surface area contributed by atoms with Crippen LogP contribution in [0.2, 0.25) is 0 Å². The van der Waals surface area contributed by atoms with E-state index >= 15 is 0 Å². The van der Waals surface area contributed by atoms with Gasteiger partial charge in [-0.3, -0.25) is 0 Å². The SMILES string of the molecule is C[C@@H]1CN(c2ccnc(F)c2)C[C@@H](C)N1. The lowest BCUT2D eigenvalue weighted by atomic mass is 10.1. The highest BCUT2D eigenvalue weighted by Gasteiger charge is 2.21. The van der Waals surface area contributed by atoms with Crippen molar-refractivity contribution in [2.75, 3.05) is 18.0 Å². The van der Waals surface area contributed by atoms with Crippen LogP contribution in [0.4, 0.5) is 10.1 Å². The van der Waals surface area contributed by atoms with Gasteiger partial charge in [0.2, 0.25) is 5.95 Å². The highest BCUT2D eigenvalue weighted by molar-refractivity contribution is 5.45. The summed E-state index contributed by atoms with van der Waals surface area (Å²) < 4.78 is 13.0. The number of hydrogen-bond acceptors (Lipinski definition) is 3. The molecular formula is C11H16FN3. The van der Waals surface area contributed by atoms with Gasteiger partial charge in [-0.2, -0.15) is 4.39 Å². The molecule has 0 aliphatic carbocycles. The highest BCUT2D eigenvalue weighted by atomic mass is 19.1. The Balaban J connectivity index is 2.16. The molecule has 1 N–H and O–H groups in total. The molecule has 1 aliphatic rings. The zero-order valence-electron chi connectivity index (χ0n) is 9.07. The molecule has 4 heteroatoms. The van der Waals surface area contributed by atoms with Gasteiger partial charge in [0.25, 0.3) is 0 Å². The number of piperazine rings is 1. The summed E-state index contributed by atoms with van der Waals surface area (Å²) in [6, 6.07) is 4.22. The molecule has 82 valence electrons. The molecule has 2 heterocycles. The molecule has 0 unspecified atom stereocenters. The molecule has 15 heavy (non-hydrogen) atoms. The number of pyridine rings is 1. The summed E-state index contributed by atoms with van der Waals surface area (Å²) in [6.07, 6.45) is 1.52. The Bertz CT molecular complexity index is 332. The van der Waals surface area contributed by atoms with Crippen molar-refractivity contribution in [3.8, 4) is 0 Å². The number of hydrogen-bond donors (Lipinski definition) is 1. The number of halogens is 1. The molecule has 1 fully saturated rings. The van der Waals surface area contributed by atoms with E-state index in [1.807, 2.05) is 6.07 Å². The van der Waals surface area contributed by atoms with Crippen LogP contribution in [-0.4, -0.2) is 30.2 Å². The fraction of sp³-hybridized carbons (Fsp3) is 0.545. The molecule has 0 saturated carbocycles. The molecule has 3 nitrogen and oxygen atoms in total. The number of anilines is 1. The molecule has 1 saturated heterocycles. The molecule has 2 rings (SSSR count). The van der Waals surface area contributed by atoms with Crippen molar-refractivity contribution in [2.45, 2.75) is 25.9 Å². The molecule has 1 aromatic heterocycles. The monoisotopic (exact) mass is 209 g/mol. The van der Waals surface area contributed by atoms with Crippen LogP contribution in [0, 0.1) is 5.95 Å². The predicted octanol–water partition coefficient (Wildman–Crippen LogP) is 1.41. The van der Waals surface area contributed by atoms with E-state index in [4.69, 9.17) is 0 Å². The number of rotatable bonds is 1. The van der Waals surface area contributed by atoms with Crippen molar-refractivity contribution in [3.63, 3.8) is 0 Å². The van der Waals surface area contributed by atoms with E-state index in [2.05, 4.69) is 29.0 Å². The van der Waals surface area contributed by atoms with Crippen LogP contribution < -0.4 is 10.2 Å². The lowest BCUT2D eigenvalue weighted by Gasteiger charge is -2.37. The Morgan fingerprint density at radius 2 is 2.07 bits per heavy atom. The predicted molar refractivity (Wildman–Crippen MR) is 58.5 cm³/mol. The van der Waals surface area contributed by atoms with E-state index in [9.17, 15) is 4.39 Å². The first-order valence-electron chi connectivity index (χ1n) is 5.27. The van der Waals surface area contributed by atoms with Crippen LogP contribution >= 0.6 is 0 Å². The van der Waals surface area contributed by atoms with Crippen molar-refractivity contribution in [1.82, 2.24) is 10.3 Å². The van der Waals surface area contributed by atoms with Crippen molar-refractivity contribution < 1.29 is 4.39 Å². The van der Waals surface area contributed by atoms with Gasteiger partial charge in [0, 0.05) is 43.1 Å². The van der Waals surface area contributed by atoms with Gasteiger partial charge >= 0.3 is 0 Å². The van der Waals surface area contributed by atoms with Gasteiger partial charge < -0.3 is 10.2 Å². The summed E-state index contributed by atoms with van der Waals surface area (Å²) in [7, 11) is 0. The fourth-order valence-corrected chi connectivity index (χ4v) is 2.13. The first-order valence-corrected chi connectivity index (χ1v) is 5.27. The zero-order valence-corrected chi connectivity index (χ0v) is 9.07. The summed E-state index contributed by atoms with van der Waals surface area (Å²) in [6.45, 7) is 6.10. The number of nitrogens with one attached hydrogen (secondary N) is 1. The van der Waals surface area contributed by atoms with Crippen LogP contribution in [0.25, 0.3) is 0 Å². The molecule has 1 aromatic rings. The summed E-state index contributed by atoms with van der Waals surface area (Å²) in [4.78, 5) is 5.75. The standard InChI is InChI=1S/C11H16FN3/c1-8-6-15(7-9(2)14-8)10-3-4-13-11(12)5-10/h3-5,8-9,14H,6-7H2,1-2H3/t8-,9-/m1/s1. The van der Waals surface area contributed by atoms with Crippen molar-refractivity contribution in [2.24, 2.45) is 0 Å². The lowest BCUT2D eigenvalue weighted by molar-refractivity contribution is 0.406. The van der Waals surface area contributed by atoms with Gasteiger partial charge in [0.1, 0.15) is 0 Å². The van der Waals surface area contributed by atoms with Crippen molar-refractivity contribution >= 4 is 5.69 Å². The molecule has 0 aromatic carbocycles. The minimum absolute atomic E-state index is 0.411. The second kappa shape index (κ2) is 4.14. The Hall–Kier alpha value is -1.16. The van der Waals surface area contributed by atoms with E-state index in [0.717, 1.165) is 18.8 Å². The summed E-state index contributed by atoms with van der Waals surface area (Å²) in [5.74, 6) is -0.411. The van der Waals surface area contributed by atoms with Gasteiger partial charge in [-0.1, -0.05) is 0 Å². The van der Waals surface area contributed by atoms with Crippen molar-refractivity contribution in [3.05, 3.63) is 24.3 Å². The maximum atomic E-state index is 13.0. The average molecular weight is 209 g/mol. The Morgan fingerprint density at radius 3 is 2.67 bits per heavy atom. The maximum absolute atomic E-state index is 13.0. The van der Waals surface area contributed by atoms with Gasteiger partial charge in [0.05, 0.1) is 0 Å². The summed E-state index contributed by atoms with van der Waals surface area (Å²) in [5.41, 5.74) is 0.919. The quantitative estimate of drug-likeness (QED) is 0.709. The van der Waals surface area contributed by atoms with Crippen LogP contribution in [0.1, 0.15) is 13.8 Å². The van der Waals surface area contributed by atoms with Crippen LogP contribution in [0.15, 0.2) is 18.3 Å². The van der Waals surface area contributed by atoms with E-state index in [0.29, 0.717) is 12.1 Å². The van der Waals surface area contributed by atoms with Gasteiger partial charge in [-0.15, -0.1) is 0 Å². The molecule has 2 atom stereocenters. The van der Waals surface area contributed by atoms with Gasteiger partial charge in [-0.25, -0.2) is 4.98 Å². The molecule has 1 aliphatic heterocycles. The second-order valence-electron chi connectivity index (χ2n) is 4.21. The molecule has 0 radical (unpaired) electrons. The average Bonchev–Trinajstić information content (AvgIpc) is 2.16. The zero-order chi connectivity index (χ0) is 10.8. The number of aromatic nitrogens is 1. The summed E-state index contributed by atoms with van der Waals surface area (Å²) >= 11 is 0. The third-order valence-electron chi connectivity index (χ3n) is 2.63. The maximum Gasteiger partial charge on any atom is 0.214 e. The first kappa shape index (κ1) is 10.4. The fourth-order valence-electron chi connectivity index (χ4n) is 2.13. The van der Waals surface area contributed by atoms with Crippen LogP contribution in [0.3, 0.4) is 0 Å². The van der Waals surface area contributed by atoms with Crippen molar-refractivity contribution in [1.29, 1.82) is 0 Å². The third kappa shape index (κ3) is 2.45. The largest absolute Gasteiger partial charge is 0.368 e. The van der Waals surface area contributed by atoms with Crippen LogP contribution in [0.5, 0.6) is 0 Å².